The molecule has 1 atom stereocenters. The van der Waals surface area contributed by atoms with Crippen molar-refractivity contribution >= 4 is 23.2 Å². The Bertz CT molecular complexity index is 783. The van der Waals surface area contributed by atoms with Gasteiger partial charge >= 0.3 is 0 Å². The summed E-state index contributed by atoms with van der Waals surface area (Å²) in [5.74, 6) is 0.291. The summed E-state index contributed by atoms with van der Waals surface area (Å²) < 4.78 is 1.24. The number of fused-ring (bicyclic) bond motifs is 1. The van der Waals surface area contributed by atoms with E-state index in [0.29, 0.717) is 16.6 Å². The fourth-order valence-corrected chi connectivity index (χ4v) is 2.92. The lowest BCUT2D eigenvalue weighted by atomic mass is 9.88. The number of hydrogen-bond acceptors (Lipinski definition) is 3. The normalized spacial score (nSPS) is 16.7. The van der Waals surface area contributed by atoms with E-state index >= 15 is 0 Å². The van der Waals surface area contributed by atoms with Crippen LogP contribution in [0.1, 0.15) is 24.6 Å². The second-order valence-electron chi connectivity index (χ2n) is 6.02. The van der Waals surface area contributed by atoms with E-state index < -0.39 is 0 Å². The Labute approximate surface area is 139 Å². The highest BCUT2D eigenvalue weighted by molar-refractivity contribution is 6.30. The van der Waals surface area contributed by atoms with Gasteiger partial charge in [-0.2, -0.15) is 5.10 Å². The summed E-state index contributed by atoms with van der Waals surface area (Å²) in [6.07, 6.45) is 2.81. The smallest absolute Gasteiger partial charge is 0.267 e. The van der Waals surface area contributed by atoms with E-state index in [1.54, 1.807) is 30.3 Å². The summed E-state index contributed by atoms with van der Waals surface area (Å²) in [6, 6.07) is 8.44. The van der Waals surface area contributed by atoms with Gasteiger partial charge < -0.3 is 5.32 Å². The van der Waals surface area contributed by atoms with Crippen LogP contribution in [0.15, 0.2) is 35.1 Å². The van der Waals surface area contributed by atoms with Crippen molar-refractivity contribution in [3.8, 4) is 0 Å². The largest absolute Gasteiger partial charge is 0.324 e. The first-order valence-electron chi connectivity index (χ1n) is 7.66. The van der Waals surface area contributed by atoms with E-state index in [2.05, 4.69) is 17.3 Å². The molecule has 6 heteroatoms. The summed E-state index contributed by atoms with van der Waals surface area (Å²) in [4.78, 5) is 24.2. The molecule has 0 bridgehead atoms. The van der Waals surface area contributed by atoms with E-state index in [4.69, 9.17) is 11.6 Å². The van der Waals surface area contributed by atoms with Crippen molar-refractivity contribution in [3.05, 3.63) is 57.0 Å². The lowest BCUT2D eigenvalue weighted by molar-refractivity contribution is -0.117. The van der Waals surface area contributed by atoms with Crippen molar-refractivity contribution in [1.82, 2.24) is 9.78 Å². The first kappa shape index (κ1) is 15.7. The number of aromatic nitrogens is 2. The van der Waals surface area contributed by atoms with Gasteiger partial charge in [-0.05, 0) is 55.0 Å². The lowest BCUT2D eigenvalue weighted by Gasteiger charge is -2.20. The summed E-state index contributed by atoms with van der Waals surface area (Å²) in [5.41, 5.74) is 2.36. The molecule has 1 aliphatic carbocycles. The first-order chi connectivity index (χ1) is 11.0. The zero-order chi connectivity index (χ0) is 16.4. The molecule has 3 rings (SSSR count). The number of rotatable bonds is 3. The van der Waals surface area contributed by atoms with Crippen LogP contribution in [0.4, 0.5) is 5.69 Å². The molecular weight excluding hydrogens is 314 g/mol. The van der Waals surface area contributed by atoms with Crippen LogP contribution in [-0.2, 0) is 24.2 Å². The predicted molar refractivity (Wildman–Crippen MR) is 89.8 cm³/mol. The zero-order valence-electron chi connectivity index (χ0n) is 12.9. The number of nitrogens with zero attached hydrogens (tertiary/aromatic N) is 2. The average Bonchev–Trinajstić information content (AvgIpc) is 2.50. The fraction of sp³-hybridized carbons (Fsp3) is 0.353. The van der Waals surface area contributed by atoms with Crippen molar-refractivity contribution in [2.45, 2.75) is 32.7 Å². The average molecular weight is 332 g/mol. The molecule has 1 aromatic carbocycles. The third-order valence-electron chi connectivity index (χ3n) is 4.03. The standard InChI is InChI=1S/C17H18ClN3O2/c1-11-2-7-15-12(8-11)9-17(23)21(20-15)10-16(22)19-14-5-3-13(18)4-6-14/h3-6,9,11H,2,7-8,10H2,1H3,(H,19,22)/t11-/m1/s1. The van der Waals surface area contributed by atoms with Crippen LogP contribution in [0.3, 0.4) is 0 Å². The van der Waals surface area contributed by atoms with Crippen molar-refractivity contribution < 1.29 is 4.79 Å². The van der Waals surface area contributed by atoms with Gasteiger partial charge in [0.2, 0.25) is 5.91 Å². The van der Waals surface area contributed by atoms with Gasteiger partial charge in [0.15, 0.2) is 0 Å². The molecule has 0 saturated heterocycles. The molecule has 1 heterocycles. The van der Waals surface area contributed by atoms with E-state index in [1.165, 1.54) is 4.68 Å². The molecule has 0 aliphatic heterocycles. The second-order valence-corrected chi connectivity index (χ2v) is 6.45. The van der Waals surface area contributed by atoms with Gasteiger partial charge in [0, 0.05) is 16.8 Å². The van der Waals surface area contributed by atoms with E-state index in [-0.39, 0.29) is 18.0 Å². The van der Waals surface area contributed by atoms with Crippen molar-refractivity contribution in [3.63, 3.8) is 0 Å². The number of benzene rings is 1. The Morgan fingerprint density at radius 2 is 2.13 bits per heavy atom. The van der Waals surface area contributed by atoms with E-state index in [0.717, 1.165) is 30.5 Å². The number of halogens is 1. The molecule has 1 aliphatic rings. The molecule has 5 nitrogen and oxygen atoms in total. The topological polar surface area (TPSA) is 64.0 Å². The quantitative estimate of drug-likeness (QED) is 0.940. The van der Waals surface area contributed by atoms with Crippen LogP contribution in [0.25, 0.3) is 0 Å². The molecule has 1 amide bonds. The number of aryl methyl sites for hydroxylation is 1. The minimum absolute atomic E-state index is 0.0930. The molecule has 0 unspecified atom stereocenters. The maximum atomic E-state index is 12.1. The van der Waals surface area contributed by atoms with Gasteiger partial charge in [-0.25, -0.2) is 4.68 Å². The van der Waals surface area contributed by atoms with Crippen LogP contribution >= 0.6 is 11.6 Å². The van der Waals surface area contributed by atoms with Gasteiger partial charge in [0.05, 0.1) is 5.69 Å². The number of amides is 1. The summed E-state index contributed by atoms with van der Waals surface area (Å²) in [5, 5.41) is 7.70. The zero-order valence-corrected chi connectivity index (χ0v) is 13.6. The Balaban J connectivity index is 1.73. The predicted octanol–water partition coefficient (Wildman–Crippen LogP) is 2.66. The summed E-state index contributed by atoms with van der Waals surface area (Å²) in [7, 11) is 0. The van der Waals surface area contributed by atoms with Crippen LogP contribution in [0.2, 0.25) is 5.02 Å². The molecule has 120 valence electrons. The monoisotopic (exact) mass is 331 g/mol. The maximum absolute atomic E-state index is 12.1. The molecule has 1 N–H and O–H groups in total. The highest BCUT2D eigenvalue weighted by Gasteiger charge is 2.18. The van der Waals surface area contributed by atoms with Gasteiger partial charge in [-0.1, -0.05) is 18.5 Å². The van der Waals surface area contributed by atoms with Crippen molar-refractivity contribution in [1.29, 1.82) is 0 Å². The third kappa shape index (κ3) is 3.79. The SMILES string of the molecule is C[C@@H]1CCc2nn(CC(=O)Nc3ccc(Cl)cc3)c(=O)cc2C1. The molecule has 0 saturated carbocycles. The van der Waals surface area contributed by atoms with Gasteiger partial charge in [0.25, 0.3) is 5.56 Å². The number of nitrogens with one attached hydrogen (secondary N) is 1. The van der Waals surface area contributed by atoms with Crippen LogP contribution < -0.4 is 10.9 Å². The minimum Gasteiger partial charge on any atom is -0.324 e. The molecule has 23 heavy (non-hydrogen) atoms. The molecule has 2 aromatic rings. The van der Waals surface area contributed by atoms with Gasteiger partial charge in [-0.15, -0.1) is 0 Å². The molecule has 0 spiro atoms. The number of hydrogen-bond donors (Lipinski definition) is 1. The van der Waals surface area contributed by atoms with Crippen molar-refractivity contribution in [2.75, 3.05) is 5.32 Å². The third-order valence-corrected chi connectivity index (χ3v) is 4.28. The molecular formula is C17H18ClN3O2. The maximum Gasteiger partial charge on any atom is 0.267 e. The van der Waals surface area contributed by atoms with E-state index in [9.17, 15) is 9.59 Å². The summed E-state index contributed by atoms with van der Waals surface area (Å²) in [6.45, 7) is 2.08. The number of carbonyl (C=O) groups is 1. The van der Waals surface area contributed by atoms with Crippen LogP contribution in [0, 0.1) is 5.92 Å². The Kier molecular flexibility index (Phi) is 4.48. The fourth-order valence-electron chi connectivity index (χ4n) is 2.80. The highest BCUT2D eigenvalue weighted by atomic mass is 35.5. The van der Waals surface area contributed by atoms with Crippen LogP contribution in [-0.4, -0.2) is 15.7 Å². The Morgan fingerprint density at radius 3 is 2.87 bits per heavy atom. The van der Waals surface area contributed by atoms with Crippen LogP contribution in [0.5, 0.6) is 0 Å². The minimum atomic E-state index is -0.286. The second kappa shape index (κ2) is 6.54. The van der Waals surface area contributed by atoms with Gasteiger partial charge in [-0.3, -0.25) is 9.59 Å². The number of anilines is 1. The molecule has 0 fully saturated rings. The highest BCUT2D eigenvalue weighted by Crippen LogP contribution is 2.22. The Morgan fingerprint density at radius 1 is 1.39 bits per heavy atom. The number of carbonyl (C=O) groups excluding carboxylic acids is 1. The van der Waals surface area contributed by atoms with Gasteiger partial charge in [0.1, 0.15) is 6.54 Å². The molecule has 1 aromatic heterocycles. The molecule has 0 radical (unpaired) electrons. The van der Waals surface area contributed by atoms with E-state index in [1.807, 2.05) is 0 Å². The summed E-state index contributed by atoms with van der Waals surface area (Å²) >= 11 is 5.81. The lowest BCUT2D eigenvalue weighted by Crippen LogP contribution is -2.32. The first-order valence-corrected chi connectivity index (χ1v) is 8.04. The van der Waals surface area contributed by atoms with Crippen molar-refractivity contribution in [2.24, 2.45) is 5.92 Å². The Hall–Kier alpha value is -2.14.